The fourth-order valence-electron chi connectivity index (χ4n) is 5.14. The third-order valence-corrected chi connectivity index (χ3v) is 8.37. The number of amides is 1. The second-order valence-corrected chi connectivity index (χ2v) is 11.0. The van der Waals surface area contributed by atoms with Crippen LogP contribution in [0.1, 0.15) is 67.8 Å². The van der Waals surface area contributed by atoms with Crippen molar-refractivity contribution < 1.29 is 14.7 Å². The van der Waals surface area contributed by atoms with Crippen molar-refractivity contribution in [3.63, 3.8) is 0 Å². The predicted octanol–water partition coefficient (Wildman–Crippen LogP) is 5.42. The minimum atomic E-state index is -0.739. The lowest BCUT2D eigenvalue weighted by molar-refractivity contribution is -0.143. The van der Waals surface area contributed by atoms with Crippen LogP contribution in [0.2, 0.25) is 0 Å². The summed E-state index contributed by atoms with van der Waals surface area (Å²) < 4.78 is 0. The predicted molar refractivity (Wildman–Crippen MR) is 141 cm³/mol. The molecular weight excluding hydrogens is 458 g/mol. The van der Waals surface area contributed by atoms with Crippen molar-refractivity contribution in [2.45, 2.75) is 69.4 Å². The Labute approximate surface area is 212 Å². The molecule has 1 saturated heterocycles. The number of aromatic nitrogens is 1. The van der Waals surface area contributed by atoms with Gasteiger partial charge in [-0.3, -0.25) is 9.59 Å². The van der Waals surface area contributed by atoms with E-state index in [0.717, 1.165) is 55.2 Å². The van der Waals surface area contributed by atoms with Gasteiger partial charge in [0.1, 0.15) is 10.8 Å². The monoisotopic (exact) mass is 495 g/mol. The first-order chi connectivity index (χ1) is 17.0. The highest BCUT2D eigenvalue weighted by Crippen LogP contribution is 2.30. The van der Waals surface area contributed by atoms with E-state index in [4.69, 9.17) is 4.98 Å². The van der Waals surface area contributed by atoms with Gasteiger partial charge in [0.25, 0.3) is 5.91 Å². The van der Waals surface area contributed by atoms with Gasteiger partial charge < -0.3 is 15.3 Å². The molecule has 1 saturated carbocycles. The fraction of sp³-hybridized carbons (Fsp3) is 0.536. The number of thioether (sulfide) groups is 1. The number of aryl methyl sites for hydroxylation is 1. The molecule has 4 rings (SSSR count). The van der Waals surface area contributed by atoms with Gasteiger partial charge in [-0.05, 0) is 55.7 Å². The van der Waals surface area contributed by atoms with E-state index in [1.807, 2.05) is 30.3 Å². The largest absolute Gasteiger partial charge is 0.481 e. The van der Waals surface area contributed by atoms with Gasteiger partial charge in [0.15, 0.2) is 0 Å². The van der Waals surface area contributed by atoms with E-state index in [-0.39, 0.29) is 23.8 Å². The Morgan fingerprint density at radius 2 is 1.86 bits per heavy atom. The molecule has 1 aliphatic carbocycles. The number of carbonyl (C=O) groups excluding carboxylic acids is 1. The highest BCUT2D eigenvalue weighted by molar-refractivity contribution is 7.99. The summed E-state index contributed by atoms with van der Waals surface area (Å²) in [7, 11) is 0. The number of aliphatic carboxylic acids is 1. The van der Waals surface area contributed by atoms with E-state index in [2.05, 4.69) is 22.3 Å². The van der Waals surface area contributed by atoms with Crippen molar-refractivity contribution in [1.29, 1.82) is 0 Å². The smallest absolute Gasteiger partial charge is 0.306 e. The van der Waals surface area contributed by atoms with Crippen LogP contribution in [0.3, 0.4) is 0 Å². The number of carboxylic acid groups (broad SMARTS) is 1. The number of piperidine rings is 1. The molecule has 1 amide bonds. The van der Waals surface area contributed by atoms with Crippen molar-refractivity contribution in [3.8, 4) is 0 Å². The molecule has 35 heavy (non-hydrogen) atoms. The molecule has 1 aliphatic heterocycles. The number of anilines is 1. The average Bonchev–Trinajstić information content (AvgIpc) is 2.89. The molecule has 1 unspecified atom stereocenters. The van der Waals surface area contributed by atoms with E-state index >= 15 is 0 Å². The Kier molecular flexibility index (Phi) is 9.07. The maximum atomic E-state index is 13.2. The van der Waals surface area contributed by atoms with Crippen LogP contribution in [0, 0.1) is 11.8 Å². The lowest BCUT2D eigenvalue weighted by atomic mass is 9.86. The van der Waals surface area contributed by atoms with Crippen molar-refractivity contribution in [2.24, 2.45) is 11.8 Å². The standard InChI is InChI=1S/C28H37N3O3S/c1-20(28(33)34)22-11-8-17-31(19-22)25-15-14-24(26(32)29-23-12-6-3-7-13-23)27(30-25)35-18-16-21-9-4-2-5-10-21/h2,4-5,9-10,14-15,20,22-23H,3,6-8,11-13,16-19H2,1H3,(H,29,32)(H,33,34)/t20?,22-/m1/s1. The third kappa shape index (κ3) is 7.00. The number of hydrogen-bond donors (Lipinski definition) is 2. The Morgan fingerprint density at radius 3 is 2.60 bits per heavy atom. The van der Waals surface area contributed by atoms with Gasteiger partial charge in [-0.1, -0.05) is 56.5 Å². The molecule has 1 aromatic heterocycles. The van der Waals surface area contributed by atoms with E-state index in [9.17, 15) is 14.7 Å². The summed E-state index contributed by atoms with van der Waals surface area (Å²) in [5.41, 5.74) is 1.91. The molecule has 0 spiro atoms. The molecule has 0 radical (unpaired) electrons. The summed E-state index contributed by atoms with van der Waals surface area (Å²) in [6, 6.07) is 14.5. The first-order valence-electron chi connectivity index (χ1n) is 13.0. The second kappa shape index (κ2) is 12.4. The highest BCUT2D eigenvalue weighted by Gasteiger charge is 2.30. The summed E-state index contributed by atoms with van der Waals surface area (Å²) in [5.74, 6) is 0.627. The van der Waals surface area contributed by atoms with Gasteiger partial charge in [-0.15, -0.1) is 11.8 Å². The number of hydrogen-bond acceptors (Lipinski definition) is 5. The van der Waals surface area contributed by atoms with Crippen LogP contribution in [0.4, 0.5) is 5.82 Å². The van der Waals surface area contributed by atoms with E-state index in [0.29, 0.717) is 12.1 Å². The van der Waals surface area contributed by atoms with Crippen LogP contribution in [0.25, 0.3) is 0 Å². The first kappa shape index (κ1) is 25.5. The van der Waals surface area contributed by atoms with Crippen LogP contribution in [0.15, 0.2) is 47.5 Å². The number of pyridine rings is 1. The number of carboxylic acids is 1. The summed E-state index contributed by atoms with van der Waals surface area (Å²) >= 11 is 1.63. The molecule has 7 heteroatoms. The van der Waals surface area contributed by atoms with E-state index in [1.54, 1.807) is 18.7 Å². The second-order valence-electron chi connectivity index (χ2n) is 9.89. The Balaban J connectivity index is 1.51. The maximum absolute atomic E-state index is 13.2. The molecule has 188 valence electrons. The van der Waals surface area contributed by atoms with Crippen molar-refractivity contribution >= 4 is 29.5 Å². The minimum Gasteiger partial charge on any atom is -0.481 e. The van der Waals surface area contributed by atoms with E-state index < -0.39 is 5.97 Å². The molecule has 6 nitrogen and oxygen atoms in total. The molecule has 2 fully saturated rings. The zero-order valence-corrected chi connectivity index (χ0v) is 21.4. The van der Waals surface area contributed by atoms with Gasteiger partial charge in [0, 0.05) is 24.9 Å². The lowest BCUT2D eigenvalue weighted by Gasteiger charge is -2.35. The van der Waals surface area contributed by atoms with Crippen LogP contribution in [-0.4, -0.2) is 46.9 Å². The number of nitrogens with zero attached hydrogens (tertiary/aromatic N) is 2. The Bertz CT molecular complexity index is 994. The minimum absolute atomic E-state index is 0.0332. The fourth-order valence-corrected chi connectivity index (χ4v) is 6.14. The van der Waals surface area contributed by atoms with Crippen molar-refractivity contribution in [1.82, 2.24) is 10.3 Å². The third-order valence-electron chi connectivity index (χ3n) is 7.38. The van der Waals surface area contributed by atoms with Crippen LogP contribution in [-0.2, 0) is 11.2 Å². The van der Waals surface area contributed by atoms with Gasteiger partial charge in [0.2, 0.25) is 0 Å². The van der Waals surface area contributed by atoms with Crippen molar-refractivity contribution in [3.05, 3.63) is 53.6 Å². The maximum Gasteiger partial charge on any atom is 0.306 e. The number of nitrogens with one attached hydrogen (secondary N) is 1. The molecule has 2 N–H and O–H groups in total. The van der Waals surface area contributed by atoms with Crippen LogP contribution < -0.4 is 10.2 Å². The number of rotatable bonds is 9. The Hall–Kier alpha value is -2.54. The normalized spacial score (nSPS) is 19.8. The quantitative estimate of drug-likeness (QED) is 0.452. The lowest BCUT2D eigenvalue weighted by Crippen LogP contribution is -2.40. The topological polar surface area (TPSA) is 82.5 Å². The summed E-state index contributed by atoms with van der Waals surface area (Å²) in [6.07, 6.45) is 8.46. The number of benzene rings is 1. The van der Waals surface area contributed by atoms with Crippen LogP contribution in [0.5, 0.6) is 0 Å². The summed E-state index contributed by atoms with van der Waals surface area (Å²) in [6.45, 7) is 3.34. The van der Waals surface area contributed by atoms with Gasteiger partial charge >= 0.3 is 5.97 Å². The SMILES string of the molecule is CC(C(=O)O)[C@@H]1CCCN(c2ccc(C(=O)NC3CCCCC3)c(SCCc3ccccc3)n2)C1. The molecule has 2 heterocycles. The van der Waals surface area contributed by atoms with E-state index in [1.165, 1.54) is 24.8 Å². The van der Waals surface area contributed by atoms with Crippen LogP contribution >= 0.6 is 11.8 Å². The average molecular weight is 496 g/mol. The molecule has 1 aromatic carbocycles. The highest BCUT2D eigenvalue weighted by atomic mass is 32.2. The zero-order valence-electron chi connectivity index (χ0n) is 20.6. The van der Waals surface area contributed by atoms with Gasteiger partial charge in [0.05, 0.1) is 11.5 Å². The molecule has 2 atom stereocenters. The van der Waals surface area contributed by atoms with Gasteiger partial charge in [-0.25, -0.2) is 4.98 Å². The summed E-state index contributed by atoms with van der Waals surface area (Å²) in [5, 5.41) is 13.5. The zero-order chi connectivity index (χ0) is 24.6. The molecule has 2 aliphatic rings. The first-order valence-corrected chi connectivity index (χ1v) is 14.0. The number of carbonyl (C=O) groups is 2. The molecule has 2 aromatic rings. The van der Waals surface area contributed by atoms with Gasteiger partial charge in [-0.2, -0.15) is 0 Å². The molecule has 0 bridgehead atoms. The molecular formula is C28H37N3O3S. The van der Waals surface area contributed by atoms with Crippen molar-refractivity contribution in [2.75, 3.05) is 23.7 Å². The summed E-state index contributed by atoms with van der Waals surface area (Å²) in [4.78, 5) is 31.9. The Morgan fingerprint density at radius 1 is 1.09 bits per heavy atom.